The molecule has 2 aromatic carbocycles. The first kappa shape index (κ1) is 17.5. The van der Waals surface area contributed by atoms with Crippen molar-refractivity contribution < 1.29 is 4.74 Å². The number of hydrogen-bond donors (Lipinski definition) is 1. The molecular formula is C20H14Cl2N4O. The lowest BCUT2D eigenvalue weighted by atomic mass is 9.84. The van der Waals surface area contributed by atoms with Crippen molar-refractivity contribution in [3.63, 3.8) is 0 Å². The highest BCUT2D eigenvalue weighted by atomic mass is 35.5. The molecule has 2 heterocycles. The van der Waals surface area contributed by atoms with Crippen LogP contribution in [-0.2, 0) is 0 Å². The van der Waals surface area contributed by atoms with E-state index in [-0.39, 0.29) is 11.8 Å². The molecule has 7 heteroatoms. The summed E-state index contributed by atoms with van der Waals surface area (Å²) < 4.78 is 7.50. The standard InChI is InChI=1S/C20H14Cl2N4O/c1-11-17-18(12-2-4-13(21)5-3-12)16(10-23)19(24)27-20(17)26(25-11)15-8-6-14(22)7-9-15/h2-9,18H,24H2,1H3. The molecule has 0 saturated heterocycles. The van der Waals surface area contributed by atoms with E-state index >= 15 is 0 Å². The average Bonchev–Trinajstić information content (AvgIpc) is 2.98. The summed E-state index contributed by atoms with van der Waals surface area (Å²) in [5, 5.41) is 15.6. The van der Waals surface area contributed by atoms with Crippen LogP contribution >= 0.6 is 23.2 Å². The Hall–Kier alpha value is -2.94. The number of aryl methyl sites for hydroxylation is 1. The second kappa shape index (κ2) is 6.66. The molecule has 3 aromatic rings. The largest absolute Gasteiger partial charge is 0.422 e. The highest BCUT2D eigenvalue weighted by Gasteiger charge is 2.36. The predicted molar refractivity (Wildman–Crippen MR) is 104 cm³/mol. The first-order valence-electron chi connectivity index (χ1n) is 8.18. The Balaban J connectivity index is 1.93. The number of fused-ring (bicyclic) bond motifs is 1. The summed E-state index contributed by atoms with van der Waals surface area (Å²) >= 11 is 12.0. The van der Waals surface area contributed by atoms with Crippen molar-refractivity contribution in [2.45, 2.75) is 12.8 Å². The first-order valence-corrected chi connectivity index (χ1v) is 8.93. The molecule has 4 rings (SSSR count). The molecule has 134 valence electrons. The lowest BCUT2D eigenvalue weighted by Crippen LogP contribution is -2.22. The number of nitrogens with two attached hydrogens (primary N) is 1. The zero-order valence-corrected chi connectivity index (χ0v) is 15.8. The molecule has 0 radical (unpaired) electrons. The summed E-state index contributed by atoms with van der Waals surface area (Å²) in [6.45, 7) is 1.88. The van der Waals surface area contributed by atoms with E-state index in [4.69, 9.17) is 33.7 Å². The number of nitriles is 1. The molecule has 0 saturated carbocycles. The van der Waals surface area contributed by atoms with Crippen LogP contribution in [0.25, 0.3) is 5.69 Å². The number of benzene rings is 2. The molecule has 0 amide bonds. The molecule has 27 heavy (non-hydrogen) atoms. The van der Waals surface area contributed by atoms with Crippen molar-refractivity contribution >= 4 is 23.2 Å². The number of halogens is 2. The Bertz CT molecular complexity index is 1090. The van der Waals surface area contributed by atoms with Crippen molar-refractivity contribution in [1.82, 2.24) is 9.78 Å². The average molecular weight is 397 g/mol. The quantitative estimate of drug-likeness (QED) is 0.680. The van der Waals surface area contributed by atoms with Crippen LogP contribution in [0, 0.1) is 18.3 Å². The second-order valence-electron chi connectivity index (χ2n) is 6.17. The van der Waals surface area contributed by atoms with Crippen LogP contribution < -0.4 is 10.5 Å². The van der Waals surface area contributed by atoms with Crippen LogP contribution in [0.1, 0.15) is 22.7 Å². The van der Waals surface area contributed by atoms with Gasteiger partial charge in [0.25, 0.3) is 0 Å². The zero-order valence-electron chi connectivity index (χ0n) is 14.3. The molecular weight excluding hydrogens is 383 g/mol. The summed E-state index contributed by atoms with van der Waals surface area (Å²) in [4.78, 5) is 0. The molecule has 0 bridgehead atoms. The topological polar surface area (TPSA) is 76.9 Å². The lowest BCUT2D eigenvalue weighted by Gasteiger charge is -2.25. The fourth-order valence-electron chi connectivity index (χ4n) is 3.26. The highest BCUT2D eigenvalue weighted by molar-refractivity contribution is 6.30. The van der Waals surface area contributed by atoms with Gasteiger partial charge in [0.15, 0.2) is 0 Å². The van der Waals surface area contributed by atoms with Crippen molar-refractivity contribution in [1.29, 1.82) is 5.26 Å². The van der Waals surface area contributed by atoms with Crippen molar-refractivity contribution in [3.8, 4) is 17.6 Å². The van der Waals surface area contributed by atoms with Gasteiger partial charge in [0.05, 0.1) is 22.9 Å². The van der Waals surface area contributed by atoms with Gasteiger partial charge in [0.2, 0.25) is 11.8 Å². The molecule has 2 N–H and O–H groups in total. The third-order valence-corrected chi connectivity index (χ3v) is 5.01. The van der Waals surface area contributed by atoms with Crippen molar-refractivity contribution in [2.75, 3.05) is 0 Å². The maximum atomic E-state index is 9.68. The summed E-state index contributed by atoms with van der Waals surface area (Å²) in [5.74, 6) is 0.184. The molecule has 1 aromatic heterocycles. The normalized spacial score (nSPS) is 15.9. The van der Waals surface area contributed by atoms with Gasteiger partial charge in [-0.1, -0.05) is 35.3 Å². The second-order valence-corrected chi connectivity index (χ2v) is 7.04. The smallest absolute Gasteiger partial charge is 0.229 e. The minimum atomic E-state index is -0.378. The van der Waals surface area contributed by atoms with E-state index in [2.05, 4.69) is 11.2 Å². The Morgan fingerprint density at radius 2 is 1.67 bits per heavy atom. The van der Waals surface area contributed by atoms with E-state index in [1.807, 2.05) is 31.2 Å². The monoisotopic (exact) mass is 396 g/mol. The fourth-order valence-corrected chi connectivity index (χ4v) is 3.51. The van der Waals surface area contributed by atoms with Gasteiger partial charge in [-0.2, -0.15) is 10.4 Å². The van der Waals surface area contributed by atoms with Crippen LogP contribution in [0.3, 0.4) is 0 Å². The number of nitrogens with zero attached hydrogens (tertiary/aromatic N) is 3. The molecule has 0 fully saturated rings. The third kappa shape index (κ3) is 2.93. The van der Waals surface area contributed by atoms with E-state index in [1.165, 1.54) is 0 Å². The molecule has 1 unspecified atom stereocenters. The number of rotatable bonds is 2. The SMILES string of the molecule is Cc1nn(-c2ccc(Cl)cc2)c2c1C(c1ccc(Cl)cc1)C(C#N)=C(N)O2. The predicted octanol–water partition coefficient (Wildman–Crippen LogP) is 4.71. The summed E-state index contributed by atoms with van der Waals surface area (Å²) in [7, 11) is 0. The Kier molecular flexibility index (Phi) is 4.31. The molecule has 1 aliphatic rings. The van der Waals surface area contributed by atoms with E-state index in [1.54, 1.807) is 28.9 Å². The minimum absolute atomic E-state index is 0.0695. The van der Waals surface area contributed by atoms with Crippen molar-refractivity contribution in [2.24, 2.45) is 5.73 Å². The summed E-state index contributed by atoms with van der Waals surface area (Å²) in [6, 6.07) is 16.8. The molecule has 0 aliphatic carbocycles. The van der Waals surface area contributed by atoms with Gasteiger partial charge in [-0.05, 0) is 48.9 Å². The van der Waals surface area contributed by atoms with Crippen LogP contribution in [0.4, 0.5) is 0 Å². The van der Waals surface area contributed by atoms with Gasteiger partial charge in [-0.15, -0.1) is 0 Å². The van der Waals surface area contributed by atoms with Crippen LogP contribution in [0.5, 0.6) is 5.88 Å². The maximum absolute atomic E-state index is 9.68. The van der Waals surface area contributed by atoms with Gasteiger partial charge < -0.3 is 10.5 Å². The summed E-state index contributed by atoms with van der Waals surface area (Å²) in [5.41, 5.74) is 9.67. The van der Waals surface area contributed by atoms with Gasteiger partial charge in [0.1, 0.15) is 11.6 Å². The van der Waals surface area contributed by atoms with Gasteiger partial charge >= 0.3 is 0 Å². The zero-order chi connectivity index (χ0) is 19.1. The first-order chi connectivity index (χ1) is 13.0. The summed E-state index contributed by atoms with van der Waals surface area (Å²) in [6.07, 6.45) is 0. The van der Waals surface area contributed by atoms with Gasteiger partial charge in [0, 0.05) is 10.0 Å². The van der Waals surface area contributed by atoms with Crippen LogP contribution in [0.15, 0.2) is 60.0 Å². The van der Waals surface area contributed by atoms with Gasteiger partial charge in [-0.3, -0.25) is 0 Å². The third-order valence-electron chi connectivity index (χ3n) is 4.51. The van der Waals surface area contributed by atoms with Crippen LogP contribution in [0.2, 0.25) is 10.0 Å². The van der Waals surface area contributed by atoms with E-state index < -0.39 is 0 Å². The molecule has 0 spiro atoms. The van der Waals surface area contributed by atoms with E-state index in [0.717, 1.165) is 22.5 Å². The highest BCUT2D eigenvalue weighted by Crippen LogP contribution is 2.44. The van der Waals surface area contributed by atoms with Gasteiger partial charge in [-0.25, -0.2) is 4.68 Å². The lowest BCUT2D eigenvalue weighted by molar-refractivity contribution is 0.367. The minimum Gasteiger partial charge on any atom is -0.422 e. The number of hydrogen-bond acceptors (Lipinski definition) is 4. The van der Waals surface area contributed by atoms with Crippen LogP contribution in [-0.4, -0.2) is 9.78 Å². The Labute approximate surface area is 166 Å². The van der Waals surface area contributed by atoms with E-state index in [0.29, 0.717) is 21.5 Å². The fraction of sp³-hybridized carbons (Fsp3) is 0.100. The molecule has 1 aliphatic heterocycles. The number of ether oxygens (including phenoxy) is 1. The number of aromatic nitrogens is 2. The Morgan fingerprint density at radius 3 is 2.26 bits per heavy atom. The molecule has 5 nitrogen and oxygen atoms in total. The molecule has 1 atom stereocenters. The maximum Gasteiger partial charge on any atom is 0.229 e. The van der Waals surface area contributed by atoms with Crippen molar-refractivity contribution in [3.05, 3.63) is 86.9 Å². The van der Waals surface area contributed by atoms with E-state index in [9.17, 15) is 5.26 Å². The Morgan fingerprint density at radius 1 is 1.07 bits per heavy atom. The number of allylic oxidation sites excluding steroid dienone is 1.